The molecule has 0 spiro atoms. The molecule has 0 aliphatic carbocycles. The molecule has 6 nitrogen and oxygen atoms in total. The van der Waals surface area contributed by atoms with E-state index in [-0.39, 0.29) is 12.5 Å². The summed E-state index contributed by atoms with van der Waals surface area (Å²) < 4.78 is 6.96. The first kappa shape index (κ1) is 18.9. The highest BCUT2D eigenvalue weighted by atomic mass is 16.4. The van der Waals surface area contributed by atoms with E-state index < -0.39 is 5.63 Å². The third-order valence-corrected chi connectivity index (χ3v) is 5.09. The molecule has 0 bridgehead atoms. The molecule has 0 saturated carbocycles. The van der Waals surface area contributed by atoms with Gasteiger partial charge in [-0.25, -0.2) is 4.79 Å². The number of para-hydroxylation sites is 1. The van der Waals surface area contributed by atoms with Crippen LogP contribution in [0.4, 0.5) is 5.69 Å². The van der Waals surface area contributed by atoms with Gasteiger partial charge in [-0.1, -0.05) is 38.1 Å². The van der Waals surface area contributed by atoms with Crippen LogP contribution in [-0.4, -0.2) is 22.2 Å². The third kappa shape index (κ3) is 3.53. The minimum absolute atomic E-state index is 0.0481. The van der Waals surface area contributed by atoms with Gasteiger partial charge in [-0.2, -0.15) is 5.10 Å². The van der Waals surface area contributed by atoms with E-state index >= 15 is 0 Å². The number of nitrogens with zero attached hydrogens (tertiary/aromatic N) is 3. The molecule has 6 heteroatoms. The lowest BCUT2D eigenvalue weighted by atomic mass is 10.1. The van der Waals surface area contributed by atoms with Crippen LogP contribution in [0, 0.1) is 0 Å². The van der Waals surface area contributed by atoms with Gasteiger partial charge < -0.3 is 9.32 Å². The van der Waals surface area contributed by atoms with E-state index in [1.54, 1.807) is 15.6 Å². The normalized spacial score (nSPS) is 11.2. The second-order valence-electron chi connectivity index (χ2n) is 7.02. The summed E-state index contributed by atoms with van der Waals surface area (Å²) in [5, 5.41) is 5.46. The van der Waals surface area contributed by atoms with Gasteiger partial charge in [0, 0.05) is 17.6 Å². The Balaban J connectivity index is 1.72. The number of benzene rings is 2. The van der Waals surface area contributed by atoms with Gasteiger partial charge in [0.05, 0.1) is 11.7 Å². The molecule has 0 fully saturated rings. The number of hydrogen-bond acceptors (Lipinski definition) is 4. The van der Waals surface area contributed by atoms with Crippen molar-refractivity contribution in [2.75, 3.05) is 11.4 Å². The highest BCUT2D eigenvalue weighted by Gasteiger charge is 2.19. The standard InChI is InChI=1S/C23H23N3O3/c1-3-13-25(17-11-9-16(4-2)10-12-17)21(27)15-26-22-18-7-5-6-8-20(18)29-23(28)19(22)14-24-26/h5-12,14H,3-4,13,15H2,1-2H3. The fourth-order valence-electron chi connectivity index (χ4n) is 3.59. The van der Waals surface area contributed by atoms with Gasteiger partial charge in [0.25, 0.3) is 0 Å². The molecule has 0 N–H and O–H groups in total. The van der Waals surface area contributed by atoms with E-state index in [1.807, 2.05) is 49.4 Å². The highest BCUT2D eigenvalue weighted by Crippen LogP contribution is 2.23. The van der Waals surface area contributed by atoms with Crippen LogP contribution in [0.2, 0.25) is 0 Å². The Hall–Kier alpha value is -3.41. The van der Waals surface area contributed by atoms with E-state index in [1.165, 1.54) is 11.8 Å². The number of anilines is 1. The van der Waals surface area contributed by atoms with Gasteiger partial charge in [-0.15, -0.1) is 0 Å². The Bertz CT molecular complexity index is 1220. The first-order chi connectivity index (χ1) is 14.1. The van der Waals surface area contributed by atoms with Crippen LogP contribution in [0.3, 0.4) is 0 Å². The largest absolute Gasteiger partial charge is 0.422 e. The Morgan fingerprint density at radius 3 is 2.55 bits per heavy atom. The SMILES string of the molecule is CCCN(C(=O)Cn1ncc2c(=O)oc3ccccc3c21)c1ccc(CC)cc1. The van der Waals surface area contributed by atoms with Crippen LogP contribution in [0.15, 0.2) is 63.9 Å². The zero-order valence-electron chi connectivity index (χ0n) is 16.6. The molecular weight excluding hydrogens is 366 g/mol. The molecule has 0 saturated heterocycles. The maximum absolute atomic E-state index is 13.2. The smallest absolute Gasteiger partial charge is 0.347 e. The monoisotopic (exact) mass is 389 g/mol. The average molecular weight is 389 g/mol. The van der Waals surface area contributed by atoms with Crippen LogP contribution in [0.25, 0.3) is 21.9 Å². The van der Waals surface area contributed by atoms with E-state index in [4.69, 9.17) is 4.42 Å². The lowest BCUT2D eigenvalue weighted by Gasteiger charge is -2.23. The van der Waals surface area contributed by atoms with E-state index in [0.717, 1.165) is 23.9 Å². The minimum Gasteiger partial charge on any atom is -0.422 e. The van der Waals surface area contributed by atoms with Crippen LogP contribution >= 0.6 is 0 Å². The number of amides is 1. The second-order valence-corrected chi connectivity index (χ2v) is 7.02. The van der Waals surface area contributed by atoms with Crippen molar-refractivity contribution in [3.63, 3.8) is 0 Å². The lowest BCUT2D eigenvalue weighted by Crippen LogP contribution is -2.34. The van der Waals surface area contributed by atoms with Gasteiger partial charge in [0.15, 0.2) is 0 Å². The molecular formula is C23H23N3O3. The number of aryl methyl sites for hydroxylation is 1. The first-order valence-corrected chi connectivity index (χ1v) is 9.89. The van der Waals surface area contributed by atoms with Gasteiger partial charge >= 0.3 is 5.63 Å². The van der Waals surface area contributed by atoms with Gasteiger partial charge in [-0.05, 0) is 42.7 Å². The van der Waals surface area contributed by atoms with Crippen molar-refractivity contribution < 1.29 is 9.21 Å². The maximum atomic E-state index is 13.2. The summed E-state index contributed by atoms with van der Waals surface area (Å²) in [6, 6.07) is 15.4. The average Bonchev–Trinajstić information content (AvgIpc) is 3.17. The molecule has 1 amide bonds. The maximum Gasteiger partial charge on any atom is 0.347 e. The number of aromatic nitrogens is 2. The number of rotatable bonds is 6. The van der Waals surface area contributed by atoms with Gasteiger partial charge in [0.2, 0.25) is 5.91 Å². The quantitative estimate of drug-likeness (QED) is 0.465. The fourth-order valence-corrected chi connectivity index (χ4v) is 3.59. The summed E-state index contributed by atoms with van der Waals surface area (Å²) in [7, 11) is 0. The first-order valence-electron chi connectivity index (χ1n) is 9.89. The highest BCUT2D eigenvalue weighted by molar-refractivity contribution is 6.03. The van der Waals surface area contributed by atoms with Crippen LogP contribution in [0.1, 0.15) is 25.8 Å². The van der Waals surface area contributed by atoms with E-state index in [0.29, 0.717) is 23.0 Å². The van der Waals surface area contributed by atoms with Crippen molar-refractivity contribution in [2.24, 2.45) is 0 Å². The Morgan fingerprint density at radius 2 is 1.83 bits per heavy atom. The van der Waals surface area contributed by atoms with E-state index in [2.05, 4.69) is 12.0 Å². The summed E-state index contributed by atoms with van der Waals surface area (Å²) in [4.78, 5) is 27.3. The lowest BCUT2D eigenvalue weighted by molar-refractivity contribution is -0.119. The number of fused-ring (bicyclic) bond motifs is 3. The summed E-state index contributed by atoms with van der Waals surface area (Å²) in [5.41, 5.74) is 2.77. The van der Waals surface area contributed by atoms with Gasteiger partial charge in [-0.3, -0.25) is 9.48 Å². The minimum atomic E-state index is -0.446. The molecule has 0 unspecified atom stereocenters. The molecule has 4 rings (SSSR count). The van der Waals surface area contributed by atoms with Crippen LogP contribution < -0.4 is 10.5 Å². The summed E-state index contributed by atoms with van der Waals surface area (Å²) in [6.07, 6.45) is 3.27. The summed E-state index contributed by atoms with van der Waals surface area (Å²) >= 11 is 0. The summed E-state index contributed by atoms with van der Waals surface area (Å²) in [5.74, 6) is -0.0709. The number of carbonyl (C=O) groups is 1. The van der Waals surface area contributed by atoms with Gasteiger partial charge in [0.1, 0.15) is 17.5 Å². The van der Waals surface area contributed by atoms with Crippen molar-refractivity contribution in [1.29, 1.82) is 0 Å². The summed E-state index contributed by atoms with van der Waals surface area (Å²) in [6.45, 7) is 4.81. The van der Waals surface area contributed by atoms with Crippen molar-refractivity contribution in [3.05, 3.63) is 70.7 Å². The third-order valence-electron chi connectivity index (χ3n) is 5.09. The number of carbonyl (C=O) groups excluding carboxylic acids is 1. The molecule has 0 aliphatic rings. The predicted octanol–water partition coefficient (Wildman–Crippen LogP) is 4.15. The Labute approximate surface area is 168 Å². The van der Waals surface area contributed by atoms with Crippen molar-refractivity contribution >= 4 is 33.5 Å². The topological polar surface area (TPSA) is 68.3 Å². The van der Waals surface area contributed by atoms with Crippen LogP contribution in [0.5, 0.6) is 0 Å². The molecule has 0 atom stereocenters. The Morgan fingerprint density at radius 1 is 1.07 bits per heavy atom. The molecule has 0 radical (unpaired) electrons. The molecule has 4 aromatic rings. The molecule has 2 heterocycles. The number of hydrogen-bond donors (Lipinski definition) is 0. The Kier molecular flexibility index (Phi) is 5.16. The predicted molar refractivity (Wildman–Crippen MR) is 114 cm³/mol. The molecule has 2 aromatic heterocycles. The molecule has 2 aromatic carbocycles. The fraction of sp³-hybridized carbons (Fsp3) is 0.261. The molecule has 0 aliphatic heterocycles. The zero-order valence-corrected chi connectivity index (χ0v) is 16.6. The van der Waals surface area contributed by atoms with Crippen LogP contribution in [-0.2, 0) is 17.8 Å². The zero-order chi connectivity index (χ0) is 20.4. The van der Waals surface area contributed by atoms with Crippen molar-refractivity contribution in [3.8, 4) is 0 Å². The van der Waals surface area contributed by atoms with Crippen molar-refractivity contribution in [2.45, 2.75) is 33.2 Å². The molecule has 148 valence electrons. The van der Waals surface area contributed by atoms with Crippen molar-refractivity contribution in [1.82, 2.24) is 9.78 Å². The molecule has 29 heavy (non-hydrogen) atoms. The second kappa shape index (κ2) is 7.91. The van der Waals surface area contributed by atoms with E-state index in [9.17, 15) is 9.59 Å².